The van der Waals surface area contributed by atoms with Gasteiger partial charge in [0.2, 0.25) is 9.84 Å². The van der Waals surface area contributed by atoms with Crippen molar-refractivity contribution in [1.29, 1.82) is 0 Å². The van der Waals surface area contributed by atoms with E-state index >= 15 is 0 Å². The van der Waals surface area contributed by atoms with Gasteiger partial charge in [-0.3, -0.25) is 0 Å². The maximum Gasteiger partial charge on any atom is 0.203 e. The lowest BCUT2D eigenvalue weighted by Gasteiger charge is -2.03. The van der Waals surface area contributed by atoms with Gasteiger partial charge in [0.1, 0.15) is 10.7 Å². The van der Waals surface area contributed by atoms with Gasteiger partial charge in [-0.05, 0) is 18.7 Å². The monoisotopic (exact) mass is 227 g/mol. The molecule has 1 aliphatic heterocycles. The molecule has 0 unspecified atom stereocenters. The average molecular weight is 227 g/mol. The fraction of sp³-hybridized carbons (Fsp3) is 0.200. The second kappa shape index (κ2) is 3.43. The van der Waals surface area contributed by atoms with E-state index in [1.165, 1.54) is 6.07 Å². The second-order valence-electron chi connectivity index (χ2n) is 3.33. The molecule has 15 heavy (non-hydrogen) atoms. The van der Waals surface area contributed by atoms with Crippen LogP contribution < -0.4 is 5.32 Å². The van der Waals surface area contributed by atoms with Gasteiger partial charge >= 0.3 is 0 Å². The summed E-state index contributed by atoms with van der Waals surface area (Å²) >= 11 is 0. The average Bonchev–Trinajstić information content (AvgIpc) is 2.40. The Labute approximate surface area is 87.5 Å². The van der Waals surface area contributed by atoms with Crippen LogP contribution in [0.3, 0.4) is 0 Å². The Morgan fingerprint density at radius 2 is 2.13 bits per heavy atom. The first kappa shape index (κ1) is 10.3. The summed E-state index contributed by atoms with van der Waals surface area (Å²) in [6.07, 6.45) is 0. The summed E-state index contributed by atoms with van der Waals surface area (Å²) in [4.78, 5) is -0.199. The third kappa shape index (κ3) is 1.57. The highest BCUT2D eigenvalue weighted by Crippen LogP contribution is 2.34. The molecule has 0 saturated carbocycles. The van der Waals surface area contributed by atoms with Crippen molar-refractivity contribution in [2.45, 2.75) is 4.90 Å². The van der Waals surface area contributed by atoms with Crippen LogP contribution in [0.4, 0.5) is 4.39 Å². The van der Waals surface area contributed by atoms with Crippen LogP contribution in [0.5, 0.6) is 0 Å². The van der Waals surface area contributed by atoms with Crippen LogP contribution in [0.25, 0.3) is 5.57 Å². The Morgan fingerprint density at radius 3 is 2.80 bits per heavy atom. The maximum atomic E-state index is 13.4. The molecular formula is C10H10FNO2S. The summed E-state index contributed by atoms with van der Waals surface area (Å²) in [6.45, 7) is 0.412. The topological polar surface area (TPSA) is 46.2 Å². The summed E-state index contributed by atoms with van der Waals surface area (Å²) in [5.74, 6) is -0.685. The van der Waals surface area contributed by atoms with E-state index in [9.17, 15) is 12.8 Å². The van der Waals surface area contributed by atoms with Crippen LogP contribution in [0.15, 0.2) is 28.5 Å². The van der Waals surface area contributed by atoms with Gasteiger partial charge in [0, 0.05) is 17.5 Å². The molecule has 80 valence electrons. The number of likely N-dealkylation sites (N-methyl/N-ethyl adjacent to an activating group) is 1. The maximum absolute atomic E-state index is 13.4. The van der Waals surface area contributed by atoms with Crippen molar-refractivity contribution in [3.05, 3.63) is 35.0 Å². The van der Waals surface area contributed by atoms with E-state index in [0.29, 0.717) is 17.7 Å². The molecule has 3 nitrogen and oxygen atoms in total. The SMILES string of the molecule is CNCC1=CS(=O)(=O)c2c(F)cccc21. The van der Waals surface area contributed by atoms with Gasteiger partial charge in [-0.1, -0.05) is 12.1 Å². The largest absolute Gasteiger partial charge is 0.316 e. The fourth-order valence-corrected chi connectivity index (χ4v) is 3.24. The second-order valence-corrected chi connectivity index (χ2v) is 5.07. The van der Waals surface area contributed by atoms with Gasteiger partial charge in [-0.2, -0.15) is 0 Å². The highest BCUT2D eigenvalue weighted by Gasteiger charge is 2.29. The van der Waals surface area contributed by atoms with Crippen molar-refractivity contribution in [2.24, 2.45) is 0 Å². The summed E-state index contributed by atoms with van der Waals surface area (Å²) in [7, 11) is -1.87. The predicted octanol–water partition coefficient (Wildman–Crippen LogP) is 1.17. The molecule has 0 bridgehead atoms. The van der Waals surface area contributed by atoms with E-state index < -0.39 is 15.7 Å². The van der Waals surface area contributed by atoms with Crippen LogP contribution in [0.1, 0.15) is 5.56 Å². The molecular weight excluding hydrogens is 217 g/mol. The highest BCUT2D eigenvalue weighted by atomic mass is 32.2. The summed E-state index contributed by atoms with van der Waals surface area (Å²) in [6, 6.07) is 4.29. The van der Waals surface area contributed by atoms with Crippen LogP contribution in [0, 0.1) is 5.82 Å². The molecule has 0 aliphatic carbocycles. The van der Waals surface area contributed by atoms with Crippen LogP contribution in [-0.2, 0) is 9.84 Å². The Bertz CT molecular complexity index is 534. The van der Waals surface area contributed by atoms with Crippen LogP contribution in [0.2, 0.25) is 0 Å². The third-order valence-corrected chi connectivity index (χ3v) is 3.84. The molecule has 1 aromatic carbocycles. The normalized spacial score (nSPS) is 17.3. The zero-order chi connectivity index (χ0) is 11.1. The minimum absolute atomic E-state index is 0.199. The first-order chi connectivity index (χ1) is 7.06. The quantitative estimate of drug-likeness (QED) is 0.825. The smallest absolute Gasteiger partial charge is 0.203 e. The van der Waals surface area contributed by atoms with Gasteiger partial charge in [0.25, 0.3) is 0 Å². The number of halogens is 1. The predicted molar refractivity (Wildman–Crippen MR) is 55.5 cm³/mol. The first-order valence-electron chi connectivity index (χ1n) is 4.45. The number of hydrogen-bond donors (Lipinski definition) is 1. The molecule has 1 aromatic rings. The minimum Gasteiger partial charge on any atom is -0.316 e. The Hall–Kier alpha value is -1.20. The number of rotatable bonds is 2. The lowest BCUT2D eigenvalue weighted by atomic mass is 10.1. The van der Waals surface area contributed by atoms with Crippen molar-refractivity contribution in [3.63, 3.8) is 0 Å². The van der Waals surface area contributed by atoms with Crippen LogP contribution in [-0.4, -0.2) is 22.0 Å². The molecule has 1 aliphatic rings. The van der Waals surface area contributed by atoms with Gasteiger partial charge < -0.3 is 5.32 Å². The molecule has 0 amide bonds. The molecule has 5 heteroatoms. The molecule has 0 spiro atoms. The van der Waals surface area contributed by atoms with E-state index in [2.05, 4.69) is 5.32 Å². The van der Waals surface area contributed by atoms with Crippen molar-refractivity contribution in [2.75, 3.05) is 13.6 Å². The highest BCUT2D eigenvalue weighted by molar-refractivity contribution is 7.95. The lowest BCUT2D eigenvalue weighted by molar-refractivity contribution is 0.573. The number of nitrogens with one attached hydrogen (secondary N) is 1. The van der Waals surface area contributed by atoms with Crippen molar-refractivity contribution in [1.82, 2.24) is 5.32 Å². The molecule has 0 saturated heterocycles. The summed E-state index contributed by atoms with van der Waals surface area (Å²) in [5, 5.41) is 3.97. The number of hydrogen-bond acceptors (Lipinski definition) is 3. The molecule has 0 radical (unpaired) electrons. The van der Waals surface area contributed by atoms with Crippen molar-refractivity contribution >= 4 is 15.4 Å². The van der Waals surface area contributed by atoms with Crippen molar-refractivity contribution < 1.29 is 12.8 Å². The molecule has 0 fully saturated rings. The van der Waals surface area contributed by atoms with E-state index in [1.807, 2.05) is 0 Å². The van der Waals surface area contributed by atoms with Gasteiger partial charge in [0.15, 0.2) is 0 Å². The molecule has 1 heterocycles. The molecule has 2 rings (SSSR count). The summed E-state index contributed by atoms with van der Waals surface area (Å²) in [5.41, 5.74) is 1.07. The number of fused-ring (bicyclic) bond motifs is 1. The van der Waals surface area contributed by atoms with Gasteiger partial charge in [-0.15, -0.1) is 0 Å². The molecule has 1 N–H and O–H groups in total. The van der Waals surface area contributed by atoms with Gasteiger partial charge in [-0.25, -0.2) is 12.8 Å². The Morgan fingerprint density at radius 1 is 1.40 bits per heavy atom. The van der Waals surface area contributed by atoms with Gasteiger partial charge in [0.05, 0.1) is 0 Å². The zero-order valence-electron chi connectivity index (χ0n) is 8.12. The van der Waals surface area contributed by atoms with E-state index in [1.54, 1.807) is 13.1 Å². The Balaban J connectivity index is 2.68. The summed E-state index contributed by atoms with van der Waals surface area (Å²) < 4.78 is 36.6. The zero-order valence-corrected chi connectivity index (χ0v) is 8.94. The molecule has 0 atom stereocenters. The van der Waals surface area contributed by atoms with E-state index in [4.69, 9.17) is 0 Å². The molecule has 0 aromatic heterocycles. The van der Waals surface area contributed by atoms with Crippen LogP contribution >= 0.6 is 0 Å². The Kier molecular flexibility index (Phi) is 2.36. The standard InChI is InChI=1S/C10H10FNO2S/c1-12-5-7-6-15(13,14)10-8(7)3-2-4-9(10)11/h2-4,6,12H,5H2,1H3. The lowest BCUT2D eigenvalue weighted by Crippen LogP contribution is -2.08. The third-order valence-electron chi connectivity index (χ3n) is 2.26. The van der Waals surface area contributed by atoms with E-state index in [-0.39, 0.29) is 4.90 Å². The fourth-order valence-electron chi connectivity index (χ4n) is 1.69. The van der Waals surface area contributed by atoms with Crippen molar-refractivity contribution in [3.8, 4) is 0 Å². The van der Waals surface area contributed by atoms with E-state index in [0.717, 1.165) is 11.5 Å². The number of sulfone groups is 1. The minimum atomic E-state index is -3.58. The number of benzene rings is 1. The first-order valence-corrected chi connectivity index (χ1v) is 6.00.